The van der Waals surface area contributed by atoms with E-state index in [1.165, 1.54) is 0 Å². The maximum atomic E-state index is 13.0. The van der Waals surface area contributed by atoms with Crippen LogP contribution in [-0.2, 0) is 16.9 Å². The Morgan fingerprint density at radius 2 is 1.79 bits per heavy atom. The average molecular weight is 488 g/mol. The molecule has 0 aliphatic carbocycles. The Morgan fingerprint density at radius 1 is 1.24 bits per heavy atom. The summed E-state index contributed by atoms with van der Waals surface area (Å²) in [5.41, 5.74) is 8.04. The van der Waals surface area contributed by atoms with Gasteiger partial charge in [0.25, 0.3) is 5.91 Å². The normalized spacial score (nSPS) is 15.3. The van der Waals surface area contributed by atoms with Gasteiger partial charge in [-0.05, 0) is 45.6 Å². The minimum absolute atomic E-state index is 0.0667. The number of nitrogens with two attached hydrogens (primary N) is 1. The number of hydrogen-bond acceptors (Lipinski definition) is 6. The molecule has 10 nitrogen and oxygen atoms in total. The molecule has 0 bridgehead atoms. The van der Waals surface area contributed by atoms with Crippen molar-refractivity contribution in [1.82, 2.24) is 29.7 Å². The van der Waals surface area contributed by atoms with Crippen LogP contribution < -0.4 is 5.73 Å². The third-order valence-electron chi connectivity index (χ3n) is 5.45. The maximum Gasteiger partial charge on any atom is 0.490 e. The highest BCUT2D eigenvalue weighted by Crippen LogP contribution is 2.25. The molecule has 1 aliphatic rings. The Labute approximate surface area is 195 Å². The molecule has 0 aromatic carbocycles. The smallest absolute Gasteiger partial charge is 0.475 e. The lowest BCUT2D eigenvalue weighted by molar-refractivity contribution is -0.192. The number of carbonyl (C=O) groups is 2. The second kappa shape index (κ2) is 10.5. The first-order valence-corrected chi connectivity index (χ1v) is 11.0. The van der Waals surface area contributed by atoms with Gasteiger partial charge in [0.2, 0.25) is 0 Å². The molecule has 0 radical (unpaired) electrons. The number of amides is 1. The lowest BCUT2D eigenvalue weighted by Crippen LogP contribution is -2.40. The fourth-order valence-electron chi connectivity index (χ4n) is 3.38. The molecule has 1 aliphatic heterocycles. The first kappa shape index (κ1) is 27.3. The van der Waals surface area contributed by atoms with E-state index in [0.717, 1.165) is 24.2 Å². The Hall–Kier alpha value is -2.96. The van der Waals surface area contributed by atoms with Crippen LogP contribution in [0.15, 0.2) is 12.3 Å². The number of carbonyl (C=O) groups excluding carboxylic acids is 1. The first-order chi connectivity index (χ1) is 15.6. The van der Waals surface area contributed by atoms with Crippen LogP contribution >= 0.6 is 0 Å². The number of likely N-dealkylation sites (tertiary alicyclic amines) is 1. The lowest BCUT2D eigenvalue weighted by Gasteiger charge is -2.31. The molecule has 0 spiro atoms. The minimum Gasteiger partial charge on any atom is -0.475 e. The van der Waals surface area contributed by atoms with Crippen LogP contribution in [0.4, 0.5) is 13.2 Å². The summed E-state index contributed by atoms with van der Waals surface area (Å²) in [5.74, 6) is -2.38. The predicted octanol–water partition coefficient (Wildman–Crippen LogP) is 2.92. The zero-order valence-electron chi connectivity index (χ0n) is 20.0. The summed E-state index contributed by atoms with van der Waals surface area (Å²) in [7, 11) is 0. The van der Waals surface area contributed by atoms with Crippen molar-refractivity contribution < 1.29 is 27.9 Å². The standard InChI is InChI=1S/C19H31N7O.C2HF3O2/c1-6-25-16(11-15(22-25)13(2)3)18(27)24-9-7-14(8-10-24)26-12-17(21-23-26)19(4,5)20;3-2(4,5)1(6)7/h11-14H,6-10,20H2,1-5H3;(H,6,7). The number of halogens is 3. The third-order valence-corrected chi connectivity index (χ3v) is 5.45. The van der Waals surface area contributed by atoms with Crippen molar-refractivity contribution in [3.8, 4) is 0 Å². The maximum absolute atomic E-state index is 13.0. The molecular weight excluding hydrogens is 455 g/mol. The molecule has 2 aromatic rings. The fourth-order valence-corrected chi connectivity index (χ4v) is 3.38. The molecular formula is C21H32F3N7O3. The average Bonchev–Trinajstić information content (AvgIpc) is 3.40. The molecule has 0 unspecified atom stereocenters. The Kier molecular flexibility index (Phi) is 8.45. The molecule has 0 atom stereocenters. The van der Waals surface area contributed by atoms with Crippen LogP contribution in [0.3, 0.4) is 0 Å². The molecule has 190 valence electrons. The number of aliphatic carboxylic acids is 1. The number of aromatic nitrogens is 5. The molecule has 1 amide bonds. The van der Waals surface area contributed by atoms with Gasteiger partial charge in [0.1, 0.15) is 11.4 Å². The number of carboxylic acid groups (broad SMARTS) is 1. The highest BCUT2D eigenvalue weighted by atomic mass is 19.4. The van der Waals surface area contributed by atoms with Gasteiger partial charge in [-0.25, -0.2) is 9.48 Å². The molecule has 34 heavy (non-hydrogen) atoms. The predicted molar refractivity (Wildman–Crippen MR) is 117 cm³/mol. The first-order valence-electron chi connectivity index (χ1n) is 11.0. The van der Waals surface area contributed by atoms with Gasteiger partial charge in [-0.15, -0.1) is 5.10 Å². The molecule has 1 saturated heterocycles. The van der Waals surface area contributed by atoms with Crippen LogP contribution in [0, 0.1) is 0 Å². The van der Waals surface area contributed by atoms with Gasteiger partial charge in [0.15, 0.2) is 0 Å². The van der Waals surface area contributed by atoms with Crippen LogP contribution in [0.1, 0.15) is 81.3 Å². The van der Waals surface area contributed by atoms with Crippen molar-refractivity contribution in [2.24, 2.45) is 5.73 Å². The number of hydrogen-bond donors (Lipinski definition) is 2. The molecule has 1 fully saturated rings. The summed E-state index contributed by atoms with van der Waals surface area (Å²) >= 11 is 0. The monoisotopic (exact) mass is 487 g/mol. The van der Waals surface area contributed by atoms with Gasteiger partial charge in [-0.3, -0.25) is 9.48 Å². The summed E-state index contributed by atoms with van der Waals surface area (Å²) in [6, 6.07) is 2.19. The summed E-state index contributed by atoms with van der Waals surface area (Å²) in [4.78, 5) is 23.8. The number of nitrogens with zero attached hydrogens (tertiary/aromatic N) is 6. The number of alkyl halides is 3. The number of piperidine rings is 1. The number of rotatable bonds is 5. The van der Waals surface area contributed by atoms with Crippen LogP contribution in [0.2, 0.25) is 0 Å². The molecule has 13 heteroatoms. The van der Waals surface area contributed by atoms with Crippen molar-refractivity contribution in [3.05, 3.63) is 29.3 Å². The van der Waals surface area contributed by atoms with Gasteiger partial charge in [0, 0.05) is 19.6 Å². The van der Waals surface area contributed by atoms with Crippen LogP contribution in [-0.4, -0.2) is 65.9 Å². The fraction of sp³-hybridized carbons (Fsp3) is 0.667. The van der Waals surface area contributed by atoms with E-state index in [9.17, 15) is 18.0 Å². The van der Waals surface area contributed by atoms with Crippen molar-refractivity contribution in [1.29, 1.82) is 0 Å². The van der Waals surface area contributed by atoms with Crippen LogP contribution in [0.5, 0.6) is 0 Å². The van der Waals surface area contributed by atoms with Gasteiger partial charge in [-0.2, -0.15) is 18.3 Å². The second-order valence-electron chi connectivity index (χ2n) is 9.06. The number of aryl methyl sites for hydroxylation is 1. The van der Waals surface area contributed by atoms with Crippen LogP contribution in [0.25, 0.3) is 0 Å². The third kappa shape index (κ3) is 6.78. The van der Waals surface area contributed by atoms with Gasteiger partial charge >= 0.3 is 12.1 Å². The summed E-state index contributed by atoms with van der Waals surface area (Å²) in [6.07, 6.45) is -1.43. The van der Waals surface area contributed by atoms with Crippen molar-refractivity contribution >= 4 is 11.9 Å². The van der Waals surface area contributed by atoms with E-state index in [1.807, 2.05) is 47.3 Å². The molecule has 3 rings (SSSR count). The van der Waals surface area contributed by atoms with Gasteiger partial charge < -0.3 is 15.7 Å². The summed E-state index contributed by atoms with van der Waals surface area (Å²) in [5, 5.41) is 20.1. The van der Waals surface area contributed by atoms with Crippen molar-refractivity contribution in [3.63, 3.8) is 0 Å². The largest absolute Gasteiger partial charge is 0.490 e. The van der Waals surface area contributed by atoms with Crippen molar-refractivity contribution in [2.45, 2.75) is 77.7 Å². The molecule has 2 aromatic heterocycles. The highest BCUT2D eigenvalue weighted by Gasteiger charge is 2.38. The van der Waals surface area contributed by atoms with E-state index in [-0.39, 0.29) is 11.9 Å². The zero-order valence-corrected chi connectivity index (χ0v) is 20.0. The lowest BCUT2D eigenvalue weighted by atomic mass is 10.0. The Morgan fingerprint density at radius 3 is 2.21 bits per heavy atom. The zero-order chi connectivity index (χ0) is 25.8. The van der Waals surface area contributed by atoms with E-state index >= 15 is 0 Å². The molecule has 3 heterocycles. The molecule has 3 N–H and O–H groups in total. The summed E-state index contributed by atoms with van der Waals surface area (Å²) in [6.45, 7) is 12.2. The Bertz CT molecular complexity index is 985. The van der Waals surface area contributed by atoms with Crippen molar-refractivity contribution in [2.75, 3.05) is 13.1 Å². The Balaban J connectivity index is 0.000000509. The minimum atomic E-state index is -5.08. The van der Waals surface area contributed by atoms with Gasteiger partial charge in [-0.1, -0.05) is 19.1 Å². The van der Waals surface area contributed by atoms with E-state index in [4.69, 9.17) is 15.6 Å². The van der Waals surface area contributed by atoms with E-state index in [0.29, 0.717) is 31.2 Å². The quantitative estimate of drug-likeness (QED) is 0.663. The number of carboxylic acids is 1. The second-order valence-corrected chi connectivity index (χ2v) is 9.06. The summed E-state index contributed by atoms with van der Waals surface area (Å²) < 4.78 is 35.5. The van der Waals surface area contributed by atoms with E-state index in [1.54, 1.807) is 0 Å². The van der Waals surface area contributed by atoms with E-state index < -0.39 is 17.7 Å². The van der Waals surface area contributed by atoms with Gasteiger partial charge in [0.05, 0.1) is 23.5 Å². The topological polar surface area (TPSA) is 132 Å². The SMILES string of the molecule is CCn1nc(C(C)C)cc1C(=O)N1CCC(n2cc(C(C)(C)N)nn2)CC1.O=C(O)C(F)(F)F. The highest BCUT2D eigenvalue weighted by molar-refractivity contribution is 5.92. The molecule has 0 saturated carbocycles. The van der Waals surface area contributed by atoms with E-state index in [2.05, 4.69) is 29.3 Å².